The van der Waals surface area contributed by atoms with E-state index in [-0.39, 0.29) is 22.9 Å². The van der Waals surface area contributed by atoms with Gasteiger partial charge in [-0.1, -0.05) is 18.2 Å². The highest BCUT2D eigenvalue weighted by molar-refractivity contribution is 7.89. The predicted molar refractivity (Wildman–Crippen MR) is 138 cm³/mol. The lowest BCUT2D eigenvalue weighted by Crippen LogP contribution is -2.57. The highest BCUT2D eigenvalue weighted by atomic mass is 32.2. The number of sulfonamides is 1. The van der Waals surface area contributed by atoms with Gasteiger partial charge in [-0.05, 0) is 36.4 Å². The number of nitrogen functional groups attached to an aromatic ring is 1. The summed E-state index contributed by atoms with van der Waals surface area (Å²) < 4.78 is 101. The van der Waals surface area contributed by atoms with Gasteiger partial charge >= 0.3 is 0 Å². The van der Waals surface area contributed by atoms with Crippen molar-refractivity contribution in [3.05, 3.63) is 101 Å². The minimum atomic E-state index is -5.07. The van der Waals surface area contributed by atoms with Crippen molar-refractivity contribution < 1.29 is 35.1 Å². The summed E-state index contributed by atoms with van der Waals surface area (Å²) in [6, 6.07) is 14.9. The number of hydrogen-bond donors (Lipinski definition) is 3. The van der Waals surface area contributed by atoms with Crippen molar-refractivity contribution in [2.75, 3.05) is 24.1 Å². The first kappa shape index (κ1) is 27.9. The molecule has 1 aliphatic rings. The molecule has 2 heterocycles. The first-order chi connectivity index (χ1) is 19.5. The Bertz CT molecular complexity index is 1720. The normalized spacial score (nSPS) is 14.0. The van der Waals surface area contributed by atoms with E-state index in [0.717, 1.165) is 6.33 Å². The Morgan fingerprint density at radius 2 is 1.44 bits per heavy atom. The summed E-state index contributed by atoms with van der Waals surface area (Å²) in [6.45, 7) is -0.798. The van der Waals surface area contributed by atoms with Crippen molar-refractivity contribution in [1.82, 2.24) is 14.3 Å². The van der Waals surface area contributed by atoms with E-state index in [1.807, 2.05) is 18.2 Å². The second kappa shape index (κ2) is 10.7. The average Bonchev–Trinajstić information content (AvgIpc) is 2.93. The van der Waals surface area contributed by atoms with Crippen LogP contribution in [0, 0.1) is 34.5 Å². The molecule has 0 saturated carbocycles. The van der Waals surface area contributed by atoms with E-state index in [0.29, 0.717) is 21.4 Å². The van der Waals surface area contributed by atoms with Crippen molar-refractivity contribution in [3.8, 4) is 11.5 Å². The molecule has 1 saturated heterocycles. The van der Waals surface area contributed by atoms with Crippen LogP contribution in [-0.4, -0.2) is 47.5 Å². The number of para-hydroxylation sites is 1. The second-order valence-corrected chi connectivity index (χ2v) is 10.7. The Kier molecular flexibility index (Phi) is 7.31. The van der Waals surface area contributed by atoms with Crippen LogP contribution in [0.3, 0.4) is 0 Å². The molecule has 212 valence electrons. The van der Waals surface area contributed by atoms with E-state index in [2.05, 4.69) is 15.3 Å². The number of nitrogens with two attached hydrogens (primary N) is 1. The molecule has 0 amide bonds. The first-order valence-electron chi connectivity index (χ1n) is 11.8. The Labute approximate surface area is 230 Å². The number of rotatable bonds is 8. The van der Waals surface area contributed by atoms with Crippen LogP contribution in [0.25, 0.3) is 0 Å². The van der Waals surface area contributed by atoms with Gasteiger partial charge in [-0.15, -0.1) is 0 Å². The van der Waals surface area contributed by atoms with Gasteiger partial charge in [0.25, 0.3) is 0 Å². The number of anilines is 2. The molecule has 0 bridgehead atoms. The zero-order chi connectivity index (χ0) is 29.5. The maximum Gasteiger partial charge on any atom is 0.249 e. The van der Waals surface area contributed by atoms with Crippen LogP contribution in [0.5, 0.6) is 11.5 Å². The molecule has 0 atom stereocenters. The molecule has 5 rings (SSSR count). The quantitative estimate of drug-likeness (QED) is 0.120. The third-order valence-electron chi connectivity index (χ3n) is 6.20. The average molecular weight is 591 g/mol. The molecule has 3 aromatic carbocycles. The number of ether oxygens (including phenoxy) is 1. The Morgan fingerprint density at radius 1 is 0.878 bits per heavy atom. The SMILES string of the molecule is N=C(c1ccc(Oc2ccccc2)cc1)c1c(N)ncnc1NC1CN(S(=O)(=O)c2c(F)c(F)c(F)c(F)c2F)C1. The maximum atomic E-state index is 14.1. The molecule has 0 spiro atoms. The molecule has 4 aromatic rings. The van der Waals surface area contributed by atoms with Crippen LogP contribution in [-0.2, 0) is 10.0 Å². The number of aromatic nitrogens is 2. The number of benzene rings is 3. The van der Waals surface area contributed by atoms with E-state index >= 15 is 0 Å². The summed E-state index contributed by atoms with van der Waals surface area (Å²) in [4.78, 5) is 6.08. The third kappa shape index (κ3) is 5.16. The molecular weight excluding hydrogens is 571 g/mol. The van der Waals surface area contributed by atoms with Gasteiger partial charge in [0.1, 0.15) is 29.5 Å². The van der Waals surface area contributed by atoms with E-state index < -0.39 is 63.1 Å². The second-order valence-electron chi connectivity index (χ2n) is 8.86. The molecule has 1 fully saturated rings. The molecule has 1 aliphatic heterocycles. The smallest absolute Gasteiger partial charge is 0.249 e. The van der Waals surface area contributed by atoms with Gasteiger partial charge in [0.2, 0.25) is 15.8 Å². The summed E-state index contributed by atoms with van der Waals surface area (Å²) in [5.74, 6) is -10.9. The first-order valence-corrected chi connectivity index (χ1v) is 13.2. The van der Waals surface area contributed by atoms with E-state index in [9.17, 15) is 30.4 Å². The topological polar surface area (TPSA) is 134 Å². The Morgan fingerprint density at radius 3 is 2.05 bits per heavy atom. The molecule has 0 aliphatic carbocycles. The Balaban J connectivity index is 1.32. The van der Waals surface area contributed by atoms with Gasteiger partial charge in [0.05, 0.1) is 17.3 Å². The number of nitrogens with one attached hydrogen (secondary N) is 2. The van der Waals surface area contributed by atoms with Gasteiger partial charge in [0.15, 0.2) is 28.2 Å². The lowest BCUT2D eigenvalue weighted by atomic mass is 10.0. The zero-order valence-electron chi connectivity index (χ0n) is 20.7. The largest absolute Gasteiger partial charge is 0.457 e. The van der Waals surface area contributed by atoms with E-state index in [1.165, 1.54) is 0 Å². The standard InChI is InChI=1S/C26H19F5N6O3S/c27-18-19(28)21(30)24(22(31)20(18)29)41(38,39)37-10-14(11-37)36-26-17(25(33)34-12-35-26)23(32)13-6-8-16(9-7-13)40-15-4-2-1-3-5-15/h1-9,12,14,32H,10-11H2,(H3,33,34,35,36). The lowest BCUT2D eigenvalue weighted by Gasteiger charge is -2.39. The monoisotopic (exact) mass is 590 g/mol. The van der Waals surface area contributed by atoms with Gasteiger partial charge < -0.3 is 15.8 Å². The summed E-state index contributed by atoms with van der Waals surface area (Å²) in [6.07, 6.45) is 1.12. The van der Waals surface area contributed by atoms with Crippen molar-refractivity contribution in [2.24, 2.45) is 0 Å². The fraction of sp³-hybridized carbons (Fsp3) is 0.115. The van der Waals surface area contributed by atoms with Crippen LogP contribution in [0.4, 0.5) is 33.6 Å². The summed E-state index contributed by atoms with van der Waals surface area (Å²) in [5, 5.41) is 11.6. The summed E-state index contributed by atoms with van der Waals surface area (Å²) >= 11 is 0. The van der Waals surface area contributed by atoms with Crippen LogP contribution in [0.1, 0.15) is 11.1 Å². The van der Waals surface area contributed by atoms with E-state index in [1.54, 1.807) is 36.4 Å². The highest BCUT2D eigenvalue weighted by Crippen LogP contribution is 2.32. The summed E-state index contributed by atoms with van der Waals surface area (Å²) in [7, 11) is -5.07. The number of hydrogen-bond acceptors (Lipinski definition) is 8. The van der Waals surface area contributed by atoms with E-state index in [4.69, 9.17) is 15.9 Å². The molecule has 15 heteroatoms. The van der Waals surface area contributed by atoms with Gasteiger partial charge in [-0.2, -0.15) is 4.31 Å². The predicted octanol–water partition coefficient (Wildman–Crippen LogP) is 4.45. The van der Waals surface area contributed by atoms with Crippen LogP contribution in [0.2, 0.25) is 0 Å². The van der Waals surface area contributed by atoms with Crippen LogP contribution in [0.15, 0.2) is 65.8 Å². The van der Waals surface area contributed by atoms with Gasteiger partial charge in [-0.3, -0.25) is 5.41 Å². The fourth-order valence-corrected chi connectivity index (χ4v) is 5.72. The van der Waals surface area contributed by atoms with Crippen molar-refractivity contribution in [3.63, 3.8) is 0 Å². The molecular formula is C26H19F5N6O3S. The number of halogens is 5. The minimum Gasteiger partial charge on any atom is -0.457 e. The van der Waals surface area contributed by atoms with Gasteiger partial charge in [-0.25, -0.2) is 40.3 Å². The minimum absolute atomic E-state index is 0.0534. The molecule has 0 radical (unpaired) electrons. The molecule has 41 heavy (non-hydrogen) atoms. The molecule has 9 nitrogen and oxygen atoms in total. The van der Waals surface area contributed by atoms with Crippen LogP contribution < -0.4 is 15.8 Å². The molecule has 0 unspecified atom stereocenters. The maximum absolute atomic E-state index is 14.1. The van der Waals surface area contributed by atoms with Crippen molar-refractivity contribution in [2.45, 2.75) is 10.9 Å². The molecule has 4 N–H and O–H groups in total. The van der Waals surface area contributed by atoms with Crippen molar-refractivity contribution in [1.29, 1.82) is 5.41 Å². The van der Waals surface area contributed by atoms with Crippen LogP contribution >= 0.6 is 0 Å². The van der Waals surface area contributed by atoms with Gasteiger partial charge in [0, 0.05) is 18.7 Å². The summed E-state index contributed by atoms with van der Waals surface area (Å²) in [5.41, 5.74) is 6.49. The molecule has 1 aromatic heterocycles. The Hall–Kier alpha value is -4.63. The fourth-order valence-electron chi connectivity index (χ4n) is 4.07. The highest BCUT2D eigenvalue weighted by Gasteiger charge is 2.43. The lowest BCUT2D eigenvalue weighted by molar-refractivity contribution is 0.275. The number of nitrogens with zero attached hydrogens (tertiary/aromatic N) is 3. The zero-order valence-corrected chi connectivity index (χ0v) is 21.5. The van der Waals surface area contributed by atoms with Crippen molar-refractivity contribution >= 4 is 27.4 Å². The third-order valence-corrected chi connectivity index (χ3v) is 8.06.